The lowest BCUT2D eigenvalue weighted by atomic mass is 9.80. The van der Waals surface area contributed by atoms with E-state index in [0.29, 0.717) is 6.42 Å². The van der Waals surface area contributed by atoms with Crippen LogP contribution in [0.5, 0.6) is 0 Å². The van der Waals surface area contributed by atoms with Crippen molar-refractivity contribution in [2.45, 2.75) is 32.6 Å². The number of benzene rings is 2. The first-order valence-corrected chi connectivity index (χ1v) is 7.93. The molecule has 1 N–H and O–H groups in total. The molecule has 0 spiro atoms. The van der Waals surface area contributed by atoms with Crippen molar-refractivity contribution < 1.29 is 9.72 Å². The molecule has 2 aromatic rings. The summed E-state index contributed by atoms with van der Waals surface area (Å²) < 4.78 is 0. The van der Waals surface area contributed by atoms with E-state index in [0.717, 1.165) is 5.71 Å². The van der Waals surface area contributed by atoms with Crippen LogP contribution in [-0.4, -0.2) is 16.5 Å². The Morgan fingerprint density at radius 1 is 1.16 bits per heavy atom. The van der Waals surface area contributed by atoms with Gasteiger partial charge in [-0.2, -0.15) is 5.10 Å². The average Bonchev–Trinajstić information content (AvgIpc) is 2.60. The average molecular weight is 339 g/mol. The van der Waals surface area contributed by atoms with Gasteiger partial charge < -0.3 is 0 Å². The van der Waals surface area contributed by atoms with Gasteiger partial charge in [0.05, 0.1) is 4.92 Å². The number of hydrogen-bond donors (Lipinski definition) is 1. The third-order valence-electron chi connectivity index (χ3n) is 3.92. The van der Waals surface area contributed by atoms with E-state index in [1.807, 2.05) is 25.1 Å². The molecule has 0 atom stereocenters. The van der Waals surface area contributed by atoms with E-state index < -0.39 is 10.8 Å². The highest BCUT2D eigenvalue weighted by Crippen LogP contribution is 2.27. The van der Waals surface area contributed by atoms with Gasteiger partial charge in [0.1, 0.15) is 0 Å². The van der Waals surface area contributed by atoms with Crippen molar-refractivity contribution >= 4 is 17.3 Å². The SMILES string of the molecule is C/C(CC(C)(C)c1ccccc1)=N/NC(=O)c1cccc([N+](=O)[O-])c1. The normalized spacial score (nSPS) is 11.9. The Kier molecular flexibility index (Phi) is 5.64. The van der Waals surface area contributed by atoms with Crippen LogP contribution >= 0.6 is 0 Å². The Morgan fingerprint density at radius 3 is 2.48 bits per heavy atom. The number of rotatable bonds is 6. The number of carbonyl (C=O) groups is 1. The number of nitro groups is 1. The molecule has 6 heteroatoms. The Labute approximate surface area is 146 Å². The lowest BCUT2D eigenvalue weighted by Crippen LogP contribution is -2.24. The first-order valence-electron chi connectivity index (χ1n) is 7.93. The van der Waals surface area contributed by atoms with Crippen molar-refractivity contribution in [2.24, 2.45) is 5.10 Å². The molecule has 0 saturated carbocycles. The molecular weight excluding hydrogens is 318 g/mol. The molecule has 0 unspecified atom stereocenters. The molecule has 1 amide bonds. The third kappa shape index (κ3) is 4.97. The maximum Gasteiger partial charge on any atom is 0.271 e. The Balaban J connectivity index is 2.04. The van der Waals surface area contributed by atoms with Crippen molar-refractivity contribution in [3.63, 3.8) is 0 Å². The number of nitro benzene ring substituents is 1. The zero-order valence-corrected chi connectivity index (χ0v) is 14.5. The second-order valence-corrected chi connectivity index (χ2v) is 6.52. The monoisotopic (exact) mass is 339 g/mol. The molecule has 0 aliphatic carbocycles. The van der Waals surface area contributed by atoms with Gasteiger partial charge in [0.15, 0.2) is 0 Å². The molecule has 0 heterocycles. The standard InChI is InChI=1S/C19H21N3O3/c1-14(13-19(2,3)16-9-5-4-6-10-16)20-21-18(23)15-8-7-11-17(12-15)22(24)25/h4-12H,13H2,1-3H3,(H,21,23)/b20-14-. The van der Waals surface area contributed by atoms with Crippen LogP contribution in [0.4, 0.5) is 5.69 Å². The summed E-state index contributed by atoms with van der Waals surface area (Å²) in [6, 6.07) is 15.6. The molecule has 0 aliphatic rings. The second-order valence-electron chi connectivity index (χ2n) is 6.52. The van der Waals surface area contributed by atoms with Gasteiger partial charge in [0.2, 0.25) is 0 Å². The fraction of sp³-hybridized carbons (Fsp3) is 0.263. The van der Waals surface area contributed by atoms with E-state index in [4.69, 9.17) is 0 Å². The number of nitrogens with zero attached hydrogens (tertiary/aromatic N) is 2. The van der Waals surface area contributed by atoms with Crippen LogP contribution in [0.15, 0.2) is 59.7 Å². The van der Waals surface area contributed by atoms with Crippen molar-refractivity contribution in [1.29, 1.82) is 0 Å². The van der Waals surface area contributed by atoms with E-state index >= 15 is 0 Å². The van der Waals surface area contributed by atoms with E-state index in [1.165, 1.54) is 29.8 Å². The molecule has 0 radical (unpaired) electrons. The number of hydrazone groups is 1. The fourth-order valence-corrected chi connectivity index (χ4v) is 2.64. The lowest BCUT2D eigenvalue weighted by molar-refractivity contribution is -0.384. The van der Waals surface area contributed by atoms with Gasteiger partial charge in [0, 0.05) is 23.4 Å². The molecule has 130 valence electrons. The Morgan fingerprint density at radius 2 is 1.84 bits per heavy atom. The van der Waals surface area contributed by atoms with Crippen molar-refractivity contribution in [1.82, 2.24) is 5.43 Å². The summed E-state index contributed by atoms with van der Waals surface area (Å²) in [5.74, 6) is -0.472. The van der Waals surface area contributed by atoms with E-state index in [-0.39, 0.29) is 16.7 Å². The molecule has 0 fully saturated rings. The topological polar surface area (TPSA) is 84.6 Å². The van der Waals surface area contributed by atoms with Crippen molar-refractivity contribution in [2.75, 3.05) is 0 Å². The van der Waals surface area contributed by atoms with Gasteiger partial charge in [-0.3, -0.25) is 14.9 Å². The summed E-state index contributed by atoms with van der Waals surface area (Å²) >= 11 is 0. The van der Waals surface area contributed by atoms with E-state index in [9.17, 15) is 14.9 Å². The number of hydrogen-bond acceptors (Lipinski definition) is 4. The van der Waals surface area contributed by atoms with Crippen LogP contribution in [0.1, 0.15) is 43.1 Å². The van der Waals surface area contributed by atoms with Crippen LogP contribution in [0, 0.1) is 10.1 Å². The number of amides is 1. The minimum Gasteiger partial charge on any atom is -0.267 e. The number of nitrogens with one attached hydrogen (secondary N) is 1. The summed E-state index contributed by atoms with van der Waals surface area (Å²) in [6.07, 6.45) is 0.673. The van der Waals surface area contributed by atoms with E-state index in [1.54, 1.807) is 0 Å². The van der Waals surface area contributed by atoms with Gasteiger partial charge in [0.25, 0.3) is 11.6 Å². The molecule has 0 aliphatic heterocycles. The molecule has 0 saturated heterocycles. The summed E-state index contributed by atoms with van der Waals surface area (Å²) in [4.78, 5) is 22.4. The predicted molar refractivity (Wildman–Crippen MR) is 97.8 cm³/mol. The van der Waals surface area contributed by atoms with Crippen molar-refractivity contribution in [3.05, 3.63) is 75.8 Å². The summed E-state index contributed by atoms with van der Waals surface area (Å²) in [6.45, 7) is 6.08. The lowest BCUT2D eigenvalue weighted by Gasteiger charge is -2.25. The smallest absolute Gasteiger partial charge is 0.267 e. The maximum atomic E-state index is 12.1. The highest BCUT2D eigenvalue weighted by atomic mass is 16.6. The fourth-order valence-electron chi connectivity index (χ4n) is 2.64. The molecule has 0 aromatic heterocycles. The minimum absolute atomic E-state index is 0.120. The Bertz CT molecular complexity index is 799. The summed E-state index contributed by atoms with van der Waals surface area (Å²) in [5, 5.41) is 14.9. The predicted octanol–water partition coefficient (Wildman–Crippen LogP) is 4.07. The van der Waals surface area contributed by atoms with Crippen LogP contribution in [0.2, 0.25) is 0 Å². The second kappa shape index (κ2) is 7.70. The van der Waals surface area contributed by atoms with E-state index in [2.05, 4.69) is 36.5 Å². The first-order chi connectivity index (χ1) is 11.8. The highest BCUT2D eigenvalue weighted by Gasteiger charge is 2.21. The quantitative estimate of drug-likeness (QED) is 0.489. The van der Waals surface area contributed by atoms with Crippen molar-refractivity contribution in [3.8, 4) is 0 Å². The third-order valence-corrected chi connectivity index (χ3v) is 3.92. The van der Waals surface area contributed by atoms with Gasteiger partial charge in [-0.1, -0.05) is 50.2 Å². The molecule has 0 bridgehead atoms. The highest BCUT2D eigenvalue weighted by molar-refractivity contribution is 5.95. The van der Waals surface area contributed by atoms with Gasteiger partial charge >= 0.3 is 0 Å². The zero-order valence-electron chi connectivity index (χ0n) is 14.5. The molecular formula is C19H21N3O3. The summed E-state index contributed by atoms with van der Waals surface area (Å²) in [7, 11) is 0. The molecule has 2 rings (SSSR count). The number of non-ortho nitro benzene ring substituents is 1. The van der Waals surface area contributed by atoms with Gasteiger partial charge in [-0.05, 0) is 30.4 Å². The zero-order chi connectivity index (χ0) is 18.4. The van der Waals surface area contributed by atoms with Crippen LogP contribution < -0.4 is 5.43 Å². The van der Waals surface area contributed by atoms with Crippen LogP contribution in [-0.2, 0) is 5.41 Å². The Hall–Kier alpha value is -3.02. The molecule has 6 nitrogen and oxygen atoms in total. The minimum atomic E-state index is -0.534. The number of carbonyl (C=O) groups excluding carboxylic acids is 1. The first kappa shape index (κ1) is 18.3. The maximum absolute atomic E-state index is 12.1. The van der Waals surface area contributed by atoms with Crippen LogP contribution in [0.25, 0.3) is 0 Å². The van der Waals surface area contributed by atoms with Crippen LogP contribution in [0.3, 0.4) is 0 Å². The summed E-state index contributed by atoms with van der Waals surface area (Å²) in [5.41, 5.74) is 4.38. The van der Waals surface area contributed by atoms with Gasteiger partial charge in [-0.15, -0.1) is 0 Å². The molecule has 2 aromatic carbocycles. The van der Waals surface area contributed by atoms with Gasteiger partial charge in [-0.25, -0.2) is 5.43 Å². The molecule has 25 heavy (non-hydrogen) atoms. The largest absolute Gasteiger partial charge is 0.271 e.